The molecule has 0 heterocycles. The first-order valence-corrected chi connectivity index (χ1v) is 5.05. The van der Waals surface area contributed by atoms with Gasteiger partial charge in [0.1, 0.15) is 0 Å². The van der Waals surface area contributed by atoms with E-state index < -0.39 is 6.10 Å². The SMILES string of the molecule is OCC(O)C1=CC=C2C=CC=CC=C2C1. The van der Waals surface area contributed by atoms with Crippen LogP contribution in [0.1, 0.15) is 6.42 Å². The summed E-state index contributed by atoms with van der Waals surface area (Å²) in [5, 5.41) is 18.4. The van der Waals surface area contributed by atoms with E-state index in [1.807, 2.05) is 42.5 Å². The highest BCUT2D eigenvalue weighted by molar-refractivity contribution is 5.52. The molecule has 1 atom stereocenters. The first kappa shape index (κ1) is 10.1. The molecule has 0 aliphatic heterocycles. The molecule has 78 valence electrons. The van der Waals surface area contributed by atoms with Crippen molar-refractivity contribution in [3.8, 4) is 0 Å². The molecule has 2 aliphatic rings. The van der Waals surface area contributed by atoms with Crippen molar-refractivity contribution >= 4 is 0 Å². The van der Waals surface area contributed by atoms with E-state index in [0.29, 0.717) is 6.42 Å². The second-order valence-electron chi connectivity index (χ2n) is 3.67. The van der Waals surface area contributed by atoms with Crippen molar-refractivity contribution in [3.63, 3.8) is 0 Å². The topological polar surface area (TPSA) is 40.5 Å². The van der Waals surface area contributed by atoms with Crippen LogP contribution in [0.3, 0.4) is 0 Å². The fraction of sp³-hybridized carbons (Fsp3) is 0.231. The lowest BCUT2D eigenvalue weighted by Crippen LogP contribution is -2.17. The Labute approximate surface area is 89.2 Å². The molecule has 15 heavy (non-hydrogen) atoms. The van der Waals surface area contributed by atoms with Gasteiger partial charge in [-0.05, 0) is 23.1 Å². The molecule has 2 aliphatic carbocycles. The molecule has 1 unspecified atom stereocenters. The Morgan fingerprint density at radius 3 is 2.80 bits per heavy atom. The Morgan fingerprint density at radius 2 is 2.00 bits per heavy atom. The van der Waals surface area contributed by atoms with E-state index in [0.717, 1.165) is 5.57 Å². The summed E-state index contributed by atoms with van der Waals surface area (Å²) in [7, 11) is 0. The summed E-state index contributed by atoms with van der Waals surface area (Å²) in [5.74, 6) is 0. The van der Waals surface area contributed by atoms with E-state index in [9.17, 15) is 5.11 Å². The minimum atomic E-state index is -0.736. The van der Waals surface area contributed by atoms with Crippen molar-refractivity contribution in [1.29, 1.82) is 0 Å². The number of hydrogen-bond donors (Lipinski definition) is 2. The van der Waals surface area contributed by atoms with Crippen molar-refractivity contribution in [3.05, 3.63) is 59.3 Å². The predicted octanol–water partition coefficient (Wildman–Crippen LogP) is 1.65. The van der Waals surface area contributed by atoms with Crippen LogP contribution in [0.5, 0.6) is 0 Å². The fourth-order valence-electron chi connectivity index (χ4n) is 1.74. The summed E-state index contributed by atoms with van der Waals surface area (Å²) in [6.45, 7) is -0.214. The summed E-state index contributed by atoms with van der Waals surface area (Å²) in [4.78, 5) is 0. The van der Waals surface area contributed by atoms with Gasteiger partial charge in [0.05, 0.1) is 12.7 Å². The average Bonchev–Trinajstić information content (AvgIpc) is 2.51. The highest BCUT2D eigenvalue weighted by Gasteiger charge is 2.16. The van der Waals surface area contributed by atoms with Crippen LogP contribution in [0, 0.1) is 0 Å². The summed E-state index contributed by atoms with van der Waals surface area (Å²) >= 11 is 0. The van der Waals surface area contributed by atoms with Gasteiger partial charge in [-0.15, -0.1) is 0 Å². The zero-order valence-electron chi connectivity index (χ0n) is 8.43. The third-order valence-electron chi connectivity index (χ3n) is 2.64. The van der Waals surface area contributed by atoms with Gasteiger partial charge in [-0.2, -0.15) is 0 Å². The molecule has 0 saturated heterocycles. The molecule has 0 spiro atoms. The summed E-state index contributed by atoms with van der Waals surface area (Å²) < 4.78 is 0. The molecule has 0 amide bonds. The van der Waals surface area contributed by atoms with Crippen LogP contribution in [0.25, 0.3) is 0 Å². The molecular formula is C13H14O2. The number of fused-ring (bicyclic) bond motifs is 1. The predicted molar refractivity (Wildman–Crippen MR) is 60.2 cm³/mol. The van der Waals surface area contributed by atoms with Gasteiger partial charge >= 0.3 is 0 Å². The Hall–Kier alpha value is -1.38. The Kier molecular flexibility index (Phi) is 2.99. The molecule has 0 radical (unpaired) electrons. The molecule has 0 saturated carbocycles. The maximum Gasteiger partial charge on any atom is 0.0987 e. The number of hydrogen-bond acceptors (Lipinski definition) is 2. The minimum Gasteiger partial charge on any atom is -0.393 e. The average molecular weight is 202 g/mol. The molecular weight excluding hydrogens is 188 g/mol. The lowest BCUT2D eigenvalue weighted by Gasteiger charge is -2.18. The highest BCUT2D eigenvalue weighted by atomic mass is 16.3. The summed E-state index contributed by atoms with van der Waals surface area (Å²) in [6, 6.07) is 0. The first-order valence-electron chi connectivity index (χ1n) is 5.05. The van der Waals surface area contributed by atoms with E-state index in [-0.39, 0.29) is 6.61 Å². The van der Waals surface area contributed by atoms with Gasteiger partial charge in [0.25, 0.3) is 0 Å². The molecule has 2 heteroatoms. The van der Waals surface area contributed by atoms with Crippen molar-refractivity contribution in [2.45, 2.75) is 12.5 Å². The zero-order valence-corrected chi connectivity index (χ0v) is 8.43. The van der Waals surface area contributed by atoms with Gasteiger partial charge in [-0.25, -0.2) is 0 Å². The lowest BCUT2D eigenvalue weighted by molar-refractivity contribution is 0.120. The standard InChI is InChI=1S/C13H14O2/c14-9-13(15)12-7-6-10-4-2-1-3-5-11(10)8-12/h1-7,13-15H,8-9H2. The number of aliphatic hydroxyl groups excluding tert-OH is 2. The van der Waals surface area contributed by atoms with E-state index in [2.05, 4.69) is 0 Å². The number of rotatable bonds is 2. The summed E-state index contributed by atoms with van der Waals surface area (Å²) in [6.07, 6.45) is 13.9. The lowest BCUT2D eigenvalue weighted by atomic mass is 9.90. The van der Waals surface area contributed by atoms with E-state index in [1.165, 1.54) is 11.1 Å². The summed E-state index contributed by atoms with van der Waals surface area (Å²) in [5.41, 5.74) is 3.23. The van der Waals surface area contributed by atoms with Gasteiger partial charge in [0.15, 0.2) is 0 Å². The van der Waals surface area contributed by atoms with Gasteiger partial charge < -0.3 is 10.2 Å². The first-order chi connectivity index (χ1) is 7.31. The van der Waals surface area contributed by atoms with Crippen LogP contribution < -0.4 is 0 Å². The van der Waals surface area contributed by atoms with Crippen molar-refractivity contribution in [2.75, 3.05) is 6.61 Å². The normalized spacial score (nSPS) is 21.1. The molecule has 0 bridgehead atoms. The van der Waals surface area contributed by atoms with Crippen LogP contribution in [0.4, 0.5) is 0 Å². The number of allylic oxidation sites excluding steroid dienone is 9. The molecule has 0 aromatic carbocycles. The zero-order chi connectivity index (χ0) is 10.7. The molecule has 2 N–H and O–H groups in total. The van der Waals surface area contributed by atoms with Crippen molar-refractivity contribution < 1.29 is 10.2 Å². The molecule has 0 fully saturated rings. The fourth-order valence-corrected chi connectivity index (χ4v) is 1.74. The van der Waals surface area contributed by atoms with Crippen LogP contribution in [0.2, 0.25) is 0 Å². The van der Waals surface area contributed by atoms with Gasteiger partial charge in [0, 0.05) is 0 Å². The van der Waals surface area contributed by atoms with E-state index in [4.69, 9.17) is 5.11 Å². The monoisotopic (exact) mass is 202 g/mol. The minimum absolute atomic E-state index is 0.214. The maximum atomic E-state index is 9.53. The Bertz CT molecular complexity index is 395. The van der Waals surface area contributed by atoms with Crippen molar-refractivity contribution in [2.24, 2.45) is 0 Å². The molecule has 2 nitrogen and oxygen atoms in total. The second-order valence-corrected chi connectivity index (χ2v) is 3.67. The van der Waals surface area contributed by atoms with Crippen LogP contribution >= 0.6 is 0 Å². The van der Waals surface area contributed by atoms with E-state index in [1.54, 1.807) is 0 Å². The third kappa shape index (κ3) is 2.17. The van der Waals surface area contributed by atoms with Gasteiger partial charge in [-0.1, -0.05) is 42.5 Å². The number of aliphatic hydroxyl groups is 2. The molecule has 0 aromatic rings. The van der Waals surface area contributed by atoms with Gasteiger partial charge in [0.2, 0.25) is 0 Å². The van der Waals surface area contributed by atoms with Crippen molar-refractivity contribution in [1.82, 2.24) is 0 Å². The largest absolute Gasteiger partial charge is 0.393 e. The maximum absolute atomic E-state index is 9.53. The van der Waals surface area contributed by atoms with Crippen LogP contribution in [0.15, 0.2) is 59.3 Å². The van der Waals surface area contributed by atoms with Crippen LogP contribution in [-0.2, 0) is 0 Å². The van der Waals surface area contributed by atoms with Gasteiger partial charge in [-0.3, -0.25) is 0 Å². The van der Waals surface area contributed by atoms with Crippen LogP contribution in [-0.4, -0.2) is 22.9 Å². The molecule has 2 rings (SSSR count). The smallest absolute Gasteiger partial charge is 0.0987 e. The highest BCUT2D eigenvalue weighted by Crippen LogP contribution is 2.28. The quantitative estimate of drug-likeness (QED) is 0.714. The Morgan fingerprint density at radius 1 is 1.13 bits per heavy atom. The third-order valence-corrected chi connectivity index (χ3v) is 2.64. The molecule has 0 aromatic heterocycles. The Balaban J connectivity index is 2.28. The second kappa shape index (κ2) is 4.43. The van der Waals surface area contributed by atoms with E-state index >= 15 is 0 Å².